The quantitative estimate of drug-likeness (QED) is 0.876. The van der Waals surface area contributed by atoms with Crippen LogP contribution in [-0.2, 0) is 11.2 Å². The number of hydrogen-bond donors (Lipinski definition) is 1. The van der Waals surface area contributed by atoms with Gasteiger partial charge < -0.3 is 5.32 Å². The summed E-state index contributed by atoms with van der Waals surface area (Å²) in [5, 5.41) is 3.18. The molecule has 0 unspecified atom stereocenters. The second kappa shape index (κ2) is 6.05. The van der Waals surface area contributed by atoms with Gasteiger partial charge >= 0.3 is 0 Å². The van der Waals surface area contributed by atoms with Gasteiger partial charge in [0.15, 0.2) is 11.6 Å². The van der Waals surface area contributed by atoms with E-state index in [4.69, 9.17) is 0 Å². The molecule has 1 aromatic carbocycles. The van der Waals surface area contributed by atoms with Crippen molar-refractivity contribution < 1.29 is 13.6 Å². The smallest absolute Gasteiger partial charge is 0.162 e. The maximum Gasteiger partial charge on any atom is 0.162 e. The van der Waals surface area contributed by atoms with E-state index in [0.29, 0.717) is 13.0 Å². The van der Waals surface area contributed by atoms with Crippen LogP contribution in [0.3, 0.4) is 0 Å². The van der Waals surface area contributed by atoms with Gasteiger partial charge in [-0.05, 0) is 32.4 Å². The summed E-state index contributed by atoms with van der Waals surface area (Å²) >= 11 is 0. The molecule has 1 rings (SSSR count). The third kappa shape index (κ3) is 4.92. The van der Waals surface area contributed by atoms with Gasteiger partial charge in [0.2, 0.25) is 0 Å². The zero-order valence-corrected chi connectivity index (χ0v) is 11.0. The van der Waals surface area contributed by atoms with Crippen molar-refractivity contribution in [3.63, 3.8) is 0 Å². The van der Waals surface area contributed by atoms with Gasteiger partial charge in [0.1, 0.15) is 5.78 Å². The second-order valence-corrected chi connectivity index (χ2v) is 5.36. The van der Waals surface area contributed by atoms with Crippen molar-refractivity contribution in [2.45, 2.75) is 39.2 Å². The number of ketones is 1. The van der Waals surface area contributed by atoms with Crippen LogP contribution in [0.15, 0.2) is 18.2 Å². The van der Waals surface area contributed by atoms with Gasteiger partial charge in [-0.3, -0.25) is 4.79 Å². The van der Waals surface area contributed by atoms with E-state index in [0.717, 1.165) is 6.07 Å². The van der Waals surface area contributed by atoms with Gasteiger partial charge in [-0.15, -0.1) is 0 Å². The van der Waals surface area contributed by atoms with Crippen LogP contribution >= 0.6 is 0 Å². The lowest BCUT2D eigenvalue weighted by Gasteiger charge is -2.20. The van der Waals surface area contributed by atoms with Crippen molar-refractivity contribution in [3.05, 3.63) is 35.4 Å². The Bertz CT molecular complexity index is 424. The zero-order valence-electron chi connectivity index (χ0n) is 11.0. The Labute approximate surface area is 106 Å². The van der Waals surface area contributed by atoms with Gasteiger partial charge in [-0.1, -0.05) is 12.1 Å². The number of nitrogens with one attached hydrogen (secondary N) is 1. The highest BCUT2D eigenvalue weighted by molar-refractivity contribution is 5.81. The van der Waals surface area contributed by atoms with Crippen LogP contribution in [0.4, 0.5) is 8.78 Å². The second-order valence-electron chi connectivity index (χ2n) is 5.36. The molecule has 1 aromatic rings. The molecule has 0 spiro atoms. The normalized spacial score (nSPS) is 11.6. The van der Waals surface area contributed by atoms with Crippen molar-refractivity contribution in [2.24, 2.45) is 0 Å². The Morgan fingerprint density at radius 2 is 1.94 bits per heavy atom. The molecule has 0 saturated carbocycles. The average molecular weight is 255 g/mol. The molecule has 0 amide bonds. The van der Waals surface area contributed by atoms with Crippen LogP contribution in [0.25, 0.3) is 0 Å². The average Bonchev–Trinajstić information content (AvgIpc) is 2.23. The summed E-state index contributed by atoms with van der Waals surface area (Å²) in [5.74, 6) is -1.93. The van der Waals surface area contributed by atoms with Crippen LogP contribution in [0, 0.1) is 11.6 Å². The van der Waals surface area contributed by atoms with Crippen molar-refractivity contribution in [1.82, 2.24) is 5.32 Å². The van der Waals surface area contributed by atoms with Gasteiger partial charge in [-0.2, -0.15) is 0 Å². The van der Waals surface area contributed by atoms with Gasteiger partial charge in [0, 0.05) is 24.9 Å². The van der Waals surface area contributed by atoms with E-state index in [9.17, 15) is 13.6 Å². The van der Waals surface area contributed by atoms with Crippen molar-refractivity contribution >= 4 is 5.78 Å². The third-order valence-corrected chi connectivity index (χ3v) is 2.48. The summed E-state index contributed by atoms with van der Waals surface area (Å²) in [7, 11) is 0. The third-order valence-electron chi connectivity index (χ3n) is 2.48. The fourth-order valence-corrected chi connectivity index (χ4v) is 1.56. The zero-order chi connectivity index (χ0) is 13.8. The molecular formula is C14H19F2NO. The first-order valence-electron chi connectivity index (χ1n) is 5.99. The molecule has 100 valence electrons. The Morgan fingerprint density at radius 3 is 2.56 bits per heavy atom. The van der Waals surface area contributed by atoms with E-state index in [1.165, 1.54) is 12.1 Å². The number of halogens is 2. The lowest BCUT2D eigenvalue weighted by Crippen LogP contribution is -2.37. The Kier molecular flexibility index (Phi) is 4.96. The van der Waals surface area contributed by atoms with Crippen LogP contribution in [0.5, 0.6) is 0 Å². The molecule has 18 heavy (non-hydrogen) atoms. The highest BCUT2D eigenvalue weighted by Crippen LogP contribution is 2.12. The molecule has 0 aliphatic rings. The highest BCUT2D eigenvalue weighted by Gasteiger charge is 2.13. The molecule has 1 N–H and O–H groups in total. The van der Waals surface area contributed by atoms with Crippen molar-refractivity contribution in [2.75, 3.05) is 6.54 Å². The van der Waals surface area contributed by atoms with E-state index < -0.39 is 11.6 Å². The van der Waals surface area contributed by atoms with Crippen LogP contribution in [0.1, 0.15) is 32.8 Å². The number of carbonyl (C=O) groups excluding carboxylic acids is 1. The first-order valence-corrected chi connectivity index (χ1v) is 5.99. The number of hydrogen-bond acceptors (Lipinski definition) is 2. The number of carbonyl (C=O) groups is 1. The Balaban J connectivity index is 2.48. The maximum absolute atomic E-state index is 13.3. The molecule has 0 heterocycles. The lowest BCUT2D eigenvalue weighted by molar-refractivity contribution is -0.118. The molecule has 0 aliphatic carbocycles. The molecule has 4 heteroatoms. The predicted molar refractivity (Wildman–Crippen MR) is 67.4 cm³/mol. The van der Waals surface area contributed by atoms with E-state index >= 15 is 0 Å². The topological polar surface area (TPSA) is 29.1 Å². The largest absolute Gasteiger partial charge is 0.312 e. The molecule has 0 fully saturated rings. The first-order chi connectivity index (χ1) is 8.29. The predicted octanol–water partition coefficient (Wildman–Crippen LogP) is 2.85. The minimum absolute atomic E-state index is 0.0512. The summed E-state index contributed by atoms with van der Waals surface area (Å²) < 4.78 is 26.3. The van der Waals surface area contributed by atoms with Crippen molar-refractivity contribution in [1.29, 1.82) is 0 Å². The molecule has 0 aliphatic heterocycles. The Morgan fingerprint density at radius 1 is 1.28 bits per heavy atom. The summed E-state index contributed by atoms with van der Waals surface area (Å²) in [4.78, 5) is 11.6. The van der Waals surface area contributed by atoms with Crippen LogP contribution in [-0.4, -0.2) is 17.9 Å². The van der Waals surface area contributed by atoms with E-state index in [1.54, 1.807) is 0 Å². The number of benzene rings is 1. The highest BCUT2D eigenvalue weighted by atomic mass is 19.2. The summed E-state index contributed by atoms with van der Waals surface area (Å²) in [6.07, 6.45) is 0.253. The standard InChI is InChI=1S/C14H19F2NO/c1-14(2,3)17-8-7-11(18)9-10-5-4-6-12(15)13(10)16/h4-6,17H,7-9H2,1-3H3. The molecule has 0 atom stereocenters. The molecule has 2 nitrogen and oxygen atoms in total. The maximum atomic E-state index is 13.3. The minimum Gasteiger partial charge on any atom is -0.312 e. The van der Waals surface area contributed by atoms with Gasteiger partial charge in [0.25, 0.3) is 0 Å². The molecule has 0 saturated heterocycles. The summed E-state index contributed by atoms with van der Waals surface area (Å²) in [6, 6.07) is 3.90. The molecule has 0 radical (unpaired) electrons. The molecular weight excluding hydrogens is 236 g/mol. The van der Waals surface area contributed by atoms with E-state index in [-0.39, 0.29) is 23.3 Å². The van der Waals surface area contributed by atoms with Crippen LogP contribution < -0.4 is 5.32 Å². The summed E-state index contributed by atoms with van der Waals surface area (Å²) in [5.41, 5.74) is 0.0699. The van der Waals surface area contributed by atoms with Gasteiger partial charge in [0.05, 0.1) is 0 Å². The van der Waals surface area contributed by atoms with Crippen LogP contribution in [0.2, 0.25) is 0 Å². The number of rotatable bonds is 5. The monoisotopic (exact) mass is 255 g/mol. The SMILES string of the molecule is CC(C)(C)NCCC(=O)Cc1cccc(F)c1F. The van der Waals surface area contributed by atoms with Crippen molar-refractivity contribution in [3.8, 4) is 0 Å². The van der Waals surface area contributed by atoms with E-state index in [1.807, 2.05) is 20.8 Å². The summed E-state index contributed by atoms with van der Waals surface area (Å²) in [6.45, 7) is 6.55. The fraction of sp³-hybridized carbons (Fsp3) is 0.500. The lowest BCUT2D eigenvalue weighted by atomic mass is 10.1. The first kappa shape index (κ1) is 14.8. The van der Waals surface area contributed by atoms with Gasteiger partial charge in [-0.25, -0.2) is 8.78 Å². The Hall–Kier alpha value is -1.29. The fourth-order valence-electron chi connectivity index (χ4n) is 1.56. The number of Topliss-reactive ketones (excluding diaryl/α,β-unsaturated/α-hetero) is 1. The minimum atomic E-state index is -0.922. The molecule has 0 bridgehead atoms. The molecule has 0 aromatic heterocycles. The van der Waals surface area contributed by atoms with E-state index in [2.05, 4.69) is 5.32 Å².